The number of benzene rings is 1. The number of anilines is 1. The van der Waals surface area contributed by atoms with Crippen molar-refractivity contribution in [1.29, 1.82) is 0 Å². The lowest BCUT2D eigenvalue weighted by Crippen LogP contribution is -2.35. The summed E-state index contributed by atoms with van der Waals surface area (Å²) in [6, 6.07) is 11.2. The normalized spacial score (nSPS) is 17.4. The topological polar surface area (TPSA) is 46.5 Å². The summed E-state index contributed by atoms with van der Waals surface area (Å²) in [5.41, 5.74) is 0.787. The molecule has 0 spiro atoms. The molecule has 24 heavy (non-hydrogen) atoms. The Hall–Kier alpha value is -2.27. The predicted octanol–water partition coefficient (Wildman–Crippen LogP) is 3.16. The van der Waals surface area contributed by atoms with Crippen LogP contribution < -0.4 is 10.1 Å². The molecule has 1 aliphatic heterocycles. The zero-order valence-electron chi connectivity index (χ0n) is 14.3. The van der Waals surface area contributed by atoms with Crippen LogP contribution in [0.25, 0.3) is 0 Å². The van der Waals surface area contributed by atoms with Gasteiger partial charge in [0.15, 0.2) is 0 Å². The van der Waals surface area contributed by atoms with Gasteiger partial charge in [0, 0.05) is 31.2 Å². The van der Waals surface area contributed by atoms with Crippen molar-refractivity contribution >= 4 is 11.6 Å². The first-order chi connectivity index (χ1) is 11.6. The summed E-state index contributed by atoms with van der Waals surface area (Å²) >= 11 is 0. The number of piperidine rings is 1. The Kier molecular flexibility index (Phi) is 5.20. The minimum Gasteiger partial charge on any atom is -0.490 e. The molecule has 2 heterocycles. The maximum Gasteiger partial charge on any atom is 0.247 e. The lowest BCUT2D eigenvalue weighted by molar-refractivity contribution is -0.118. The summed E-state index contributed by atoms with van der Waals surface area (Å²) in [5.74, 6) is 0.830. The number of amides is 1. The van der Waals surface area contributed by atoms with Gasteiger partial charge in [0.1, 0.15) is 17.9 Å². The first kappa shape index (κ1) is 16.6. The maximum absolute atomic E-state index is 12.3. The van der Waals surface area contributed by atoms with Crippen molar-refractivity contribution in [3.63, 3.8) is 0 Å². The molecule has 1 aromatic carbocycles. The molecule has 0 aliphatic carbocycles. The summed E-state index contributed by atoms with van der Waals surface area (Å²) in [4.78, 5) is 14.6. The Labute approximate surface area is 143 Å². The number of hydrogen-bond donors (Lipinski definition) is 1. The van der Waals surface area contributed by atoms with Gasteiger partial charge in [-0.15, -0.1) is 0 Å². The van der Waals surface area contributed by atoms with Crippen molar-refractivity contribution in [1.82, 2.24) is 9.47 Å². The van der Waals surface area contributed by atoms with Crippen LogP contribution in [-0.2, 0) is 4.79 Å². The Morgan fingerprint density at radius 2 is 1.79 bits per heavy atom. The van der Waals surface area contributed by atoms with Crippen LogP contribution in [0.1, 0.15) is 25.8 Å². The molecule has 1 aliphatic rings. The fourth-order valence-corrected chi connectivity index (χ4v) is 2.90. The number of nitrogens with one attached hydrogen (secondary N) is 1. The van der Waals surface area contributed by atoms with Gasteiger partial charge in [0.2, 0.25) is 5.91 Å². The van der Waals surface area contributed by atoms with E-state index in [1.54, 1.807) is 0 Å². The molecule has 1 unspecified atom stereocenters. The third-order valence-electron chi connectivity index (χ3n) is 4.54. The average Bonchev–Trinajstić information content (AvgIpc) is 3.12. The molecule has 2 aromatic rings. The minimum atomic E-state index is -0.241. The number of carbonyl (C=O) groups excluding carboxylic acids is 1. The molecule has 0 bridgehead atoms. The second-order valence-electron chi connectivity index (χ2n) is 6.44. The molecular weight excluding hydrogens is 302 g/mol. The highest BCUT2D eigenvalue weighted by molar-refractivity contribution is 5.93. The highest BCUT2D eigenvalue weighted by Gasteiger charge is 2.18. The molecule has 0 saturated carbocycles. The lowest BCUT2D eigenvalue weighted by atomic mass is 10.1. The first-order valence-electron chi connectivity index (χ1n) is 8.50. The smallest absolute Gasteiger partial charge is 0.247 e. The Morgan fingerprint density at radius 1 is 1.17 bits per heavy atom. The molecule has 128 valence electrons. The van der Waals surface area contributed by atoms with Gasteiger partial charge in [-0.25, -0.2) is 0 Å². The van der Waals surface area contributed by atoms with Crippen LogP contribution in [-0.4, -0.2) is 41.6 Å². The lowest BCUT2D eigenvalue weighted by Gasteiger charge is -2.29. The summed E-state index contributed by atoms with van der Waals surface area (Å²) in [7, 11) is 2.14. The molecule has 5 nitrogen and oxygen atoms in total. The largest absolute Gasteiger partial charge is 0.490 e. The third-order valence-corrected chi connectivity index (χ3v) is 4.54. The van der Waals surface area contributed by atoms with Crippen molar-refractivity contribution in [2.75, 3.05) is 25.5 Å². The van der Waals surface area contributed by atoms with E-state index in [1.165, 1.54) is 0 Å². The van der Waals surface area contributed by atoms with Crippen LogP contribution in [0.2, 0.25) is 0 Å². The third kappa shape index (κ3) is 4.17. The van der Waals surface area contributed by atoms with Crippen molar-refractivity contribution in [3.8, 4) is 5.75 Å². The SMILES string of the molecule is CC(C(=O)Nc1ccc(OC2CCN(C)CC2)cc1)n1cccc1. The standard InChI is InChI=1S/C19H25N3O2/c1-15(22-11-3-4-12-22)19(23)20-16-5-7-17(8-6-16)24-18-9-13-21(2)14-10-18/h3-8,11-12,15,18H,9-10,13-14H2,1-2H3,(H,20,23). The first-order valence-corrected chi connectivity index (χ1v) is 8.50. The molecule has 1 aromatic heterocycles. The number of rotatable bonds is 5. The minimum absolute atomic E-state index is 0.0322. The van der Waals surface area contributed by atoms with Gasteiger partial charge in [-0.1, -0.05) is 0 Å². The van der Waals surface area contributed by atoms with Gasteiger partial charge in [-0.2, -0.15) is 0 Å². The zero-order chi connectivity index (χ0) is 16.9. The molecule has 5 heteroatoms. The second-order valence-corrected chi connectivity index (χ2v) is 6.44. The quantitative estimate of drug-likeness (QED) is 0.917. The number of aromatic nitrogens is 1. The summed E-state index contributed by atoms with van der Waals surface area (Å²) in [5, 5.41) is 2.94. The molecule has 1 N–H and O–H groups in total. The average molecular weight is 327 g/mol. The zero-order valence-corrected chi connectivity index (χ0v) is 14.3. The van der Waals surface area contributed by atoms with Crippen molar-refractivity contribution in [2.45, 2.75) is 31.9 Å². The van der Waals surface area contributed by atoms with Crippen molar-refractivity contribution < 1.29 is 9.53 Å². The molecule has 1 saturated heterocycles. The van der Waals surface area contributed by atoms with Crippen LogP contribution in [0, 0.1) is 0 Å². The number of nitrogens with zero attached hydrogens (tertiary/aromatic N) is 2. The van der Waals surface area contributed by atoms with Gasteiger partial charge in [0.05, 0.1) is 0 Å². The molecule has 1 fully saturated rings. The Bertz CT molecular complexity index is 644. The molecule has 1 amide bonds. The van der Waals surface area contributed by atoms with Crippen LogP contribution >= 0.6 is 0 Å². The van der Waals surface area contributed by atoms with E-state index in [2.05, 4.69) is 17.3 Å². The van der Waals surface area contributed by atoms with Gasteiger partial charge in [-0.3, -0.25) is 4.79 Å². The number of hydrogen-bond acceptors (Lipinski definition) is 3. The van der Waals surface area contributed by atoms with Crippen LogP contribution in [0.15, 0.2) is 48.8 Å². The van der Waals surface area contributed by atoms with Crippen LogP contribution in [0.4, 0.5) is 5.69 Å². The fraction of sp³-hybridized carbons (Fsp3) is 0.421. The highest BCUT2D eigenvalue weighted by Crippen LogP contribution is 2.21. The molecule has 3 rings (SSSR count). The van der Waals surface area contributed by atoms with E-state index in [0.29, 0.717) is 0 Å². The molecular formula is C19H25N3O2. The molecule has 0 radical (unpaired) electrons. The summed E-state index contributed by atoms with van der Waals surface area (Å²) in [6.07, 6.45) is 6.19. The second kappa shape index (κ2) is 7.53. The van der Waals surface area contributed by atoms with E-state index in [1.807, 2.05) is 60.3 Å². The number of likely N-dealkylation sites (tertiary alicyclic amines) is 1. The van der Waals surface area contributed by atoms with E-state index in [-0.39, 0.29) is 18.1 Å². The van der Waals surface area contributed by atoms with Crippen LogP contribution in [0.3, 0.4) is 0 Å². The van der Waals surface area contributed by atoms with E-state index in [4.69, 9.17) is 4.74 Å². The summed E-state index contributed by atoms with van der Waals surface area (Å²) < 4.78 is 7.91. The van der Waals surface area contributed by atoms with Gasteiger partial charge < -0.3 is 19.5 Å². The van der Waals surface area contributed by atoms with Crippen molar-refractivity contribution in [3.05, 3.63) is 48.8 Å². The molecule has 1 atom stereocenters. The van der Waals surface area contributed by atoms with E-state index in [9.17, 15) is 4.79 Å². The predicted molar refractivity (Wildman–Crippen MR) is 95.4 cm³/mol. The number of carbonyl (C=O) groups is 1. The van der Waals surface area contributed by atoms with Crippen molar-refractivity contribution in [2.24, 2.45) is 0 Å². The van der Waals surface area contributed by atoms with Gasteiger partial charge in [-0.05, 0) is 63.2 Å². The Balaban J connectivity index is 1.53. The van der Waals surface area contributed by atoms with Crippen LogP contribution in [0.5, 0.6) is 5.75 Å². The Morgan fingerprint density at radius 3 is 2.42 bits per heavy atom. The fourth-order valence-electron chi connectivity index (χ4n) is 2.90. The van der Waals surface area contributed by atoms with E-state index < -0.39 is 0 Å². The highest BCUT2D eigenvalue weighted by atomic mass is 16.5. The van der Waals surface area contributed by atoms with E-state index >= 15 is 0 Å². The van der Waals surface area contributed by atoms with E-state index in [0.717, 1.165) is 37.4 Å². The monoisotopic (exact) mass is 327 g/mol. The number of ether oxygens (including phenoxy) is 1. The maximum atomic E-state index is 12.3. The summed E-state index contributed by atoms with van der Waals surface area (Å²) in [6.45, 7) is 4.04. The van der Waals surface area contributed by atoms with Gasteiger partial charge >= 0.3 is 0 Å². The van der Waals surface area contributed by atoms with Gasteiger partial charge in [0.25, 0.3) is 0 Å².